The van der Waals surface area contributed by atoms with E-state index in [-0.39, 0.29) is 30.3 Å². The number of para-hydroxylation sites is 2. The number of ketones is 1. The van der Waals surface area contributed by atoms with Crippen molar-refractivity contribution in [3.63, 3.8) is 0 Å². The topological polar surface area (TPSA) is 111 Å². The molecule has 2 amide bonds. The van der Waals surface area contributed by atoms with E-state index in [4.69, 9.17) is 19.4 Å². The van der Waals surface area contributed by atoms with Crippen molar-refractivity contribution in [2.45, 2.75) is 110 Å². The number of ether oxygens (including phenoxy) is 2. The fourth-order valence-corrected chi connectivity index (χ4v) is 6.81. The Morgan fingerprint density at radius 2 is 1.66 bits per heavy atom. The number of amides is 2. The number of benzene rings is 1. The molecule has 9 nitrogen and oxygen atoms in total. The van der Waals surface area contributed by atoms with Gasteiger partial charge in [0.1, 0.15) is 23.9 Å². The second-order valence-electron chi connectivity index (χ2n) is 13.2. The van der Waals surface area contributed by atoms with Crippen molar-refractivity contribution >= 4 is 28.8 Å². The van der Waals surface area contributed by atoms with Gasteiger partial charge in [-0.25, -0.2) is 14.8 Å². The molecule has 1 saturated carbocycles. The van der Waals surface area contributed by atoms with Gasteiger partial charge in [0, 0.05) is 5.92 Å². The average Bonchev–Trinajstić information content (AvgIpc) is 3.49. The molecular weight excluding hydrogens is 520 g/mol. The number of carbonyl (C=O) groups excluding carboxylic acids is 3. The molecule has 1 aromatic heterocycles. The molecule has 9 heteroatoms. The van der Waals surface area contributed by atoms with Crippen molar-refractivity contribution in [1.82, 2.24) is 20.2 Å². The van der Waals surface area contributed by atoms with Crippen LogP contribution in [0.2, 0.25) is 0 Å². The Labute approximate surface area is 242 Å². The van der Waals surface area contributed by atoms with Gasteiger partial charge in [-0.15, -0.1) is 0 Å². The van der Waals surface area contributed by atoms with Gasteiger partial charge in [-0.2, -0.15) is 0 Å². The molecule has 2 aromatic rings. The molecule has 0 unspecified atom stereocenters. The van der Waals surface area contributed by atoms with Crippen molar-refractivity contribution in [1.29, 1.82) is 0 Å². The molecule has 0 spiro atoms. The molecular formula is C32H44N4O5. The third kappa shape index (κ3) is 6.33. The zero-order valence-corrected chi connectivity index (χ0v) is 25.0. The number of aromatic nitrogens is 2. The Morgan fingerprint density at radius 3 is 2.37 bits per heavy atom. The summed E-state index contributed by atoms with van der Waals surface area (Å²) in [5.41, 5.74) is 1.78. The summed E-state index contributed by atoms with van der Waals surface area (Å²) < 4.78 is 12.5. The maximum absolute atomic E-state index is 14.1. The van der Waals surface area contributed by atoms with Crippen LogP contribution in [0.5, 0.6) is 5.88 Å². The molecule has 222 valence electrons. The lowest BCUT2D eigenvalue weighted by atomic mass is 9.85. The van der Waals surface area contributed by atoms with Gasteiger partial charge in [0.25, 0.3) is 0 Å². The van der Waals surface area contributed by atoms with E-state index in [0.29, 0.717) is 11.8 Å². The number of fused-ring (bicyclic) bond motifs is 5. The highest BCUT2D eigenvalue weighted by atomic mass is 16.6. The molecule has 1 aromatic carbocycles. The molecule has 1 saturated heterocycles. The lowest BCUT2D eigenvalue weighted by molar-refractivity contribution is -0.141. The van der Waals surface area contributed by atoms with Crippen molar-refractivity contribution in [2.24, 2.45) is 17.3 Å². The maximum atomic E-state index is 14.1. The lowest BCUT2D eigenvalue weighted by Gasteiger charge is -2.35. The van der Waals surface area contributed by atoms with E-state index in [1.807, 2.05) is 52.0 Å². The fourth-order valence-electron chi connectivity index (χ4n) is 6.81. The summed E-state index contributed by atoms with van der Waals surface area (Å²) in [6.45, 7) is 9.39. The molecule has 5 rings (SSSR count). The number of alkyl carbamates (subject to hydrolysis) is 1. The van der Waals surface area contributed by atoms with Gasteiger partial charge in [-0.3, -0.25) is 9.59 Å². The third-order valence-corrected chi connectivity index (χ3v) is 9.08. The Hall–Kier alpha value is -3.23. The second kappa shape index (κ2) is 11.9. The summed E-state index contributed by atoms with van der Waals surface area (Å²) in [7, 11) is 0. The van der Waals surface area contributed by atoms with Crippen molar-refractivity contribution in [3.05, 3.63) is 30.0 Å². The molecule has 6 atom stereocenters. The van der Waals surface area contributed by atoms with Crippen LogP contribution in [0.4, 0.5) is 4.79 Å². The molecule has 2 bridgehead atoms. The summed E-state index contributed by atoms with van der Waals surface area (Å²) in [4.78, 5) is 51.5. The summed E-state index contributed by atoms with van der Waals surface area (Å²) in [5, 5.41) is 2.89. The first-order valence-corrected chi connectivity index (χ1v) is 15.2. The minimum Gasteiger partial charge on any atom is -0.471 e. The van der Waals surface area contributed by atoms with E-state index >= 15 is 0 Å². The zero-order valence-electron chi connectivity index (χ0n) is 25.0. The third-order valence-electron chi connectivity index (χ3n) is 9.08. The molecule has 2 aliphatic heterocycles. The Morgan fingerprint density at radius 1 is 0.951 bits per heavy atom. The number of hydrogen-bond donors (Lipinski definition) is 1. The maximum Gasteiger partial charge on any atom is 0.408 e. The quantitative estimate of drug-likeness (QED) is 0.504. The van der Waals surface area contributed by atoms with Gasteiger partial charge < -0.3 is 19.7 Å². The Bertz CT molecular complexity index is 1290. The second-order valence-corrected chi connectivity index (χ2v) is 13.2. The first-order valence-electron chi connectivity index (χ1n) is 15.2. The molecule has 0 radical (unpaired) electrons. The highest BCUT2D eigenvalue weighted by Crippen LogP contribution is 2.35. The number of nitrogens with zero attached hydrogens (tertiary/aromatic N) is 3. The van der Waals surface area contributed by atoms with Gasteiger partial charge in [-0.1, -0.05) is 52.7 Å². The van der Waals surface area contributed by atoms with Crippen LogP contribution in [0.1, 0.15) is 85.3 Å². The monoisotopic (exact) mass is 564 g/mol. The van der Waals surface area contributed by atoms with Gasteiger partial charge >= 0.3 is 6.09 Å². The standard InChI is InChI=1S/C32H44N4O5/c1-19-26-18-36(27(19)20(2)37)30(38)28(32(3,4)5)35-31(39)41-25-17-11-13-21(25)12-7-6-8-16-24-29(40-26)34-23-15-10-9-14-22(23)33-24/h9-10,14-15,19,21,25-28H,6-8,11-13,16-18H2,1-5H3,(H,35,39)/t19-,21-,25-,26+,27+,28-/m1/s1. The molecule has 3 aliphatic rings. The van der Waals surface area contributed by atoms with Crippen LogP contribution in [0.25, 0.3) is 11.0 Å². The molecule has 2 fully saturated rings. The first kappa shape index (κ1) is 29.3. The van der Waals surface area contributed by atoms with E-state index in [0.717, 1.165) is 68.1 Å². The highest BCUT2D eigenvalue weighted by Gasteiger charge is 2.49. The number of carbonyl (C=O) groups is 3. The molecule has 1 aliphatic carbocycles. The van der Waals surface area contributed by atoms with Crippen molar-refractivity contribution in [3.8, 4) is 5.88 Å². The fraction of sp³-hybridized carbons (Fsp3) is 0.656. The number of nitrogens with one attached hydrogen (secondary N) is 1. The number of aryl methyl sites for hydroxylation is 1. The smallest absolute Gasteiger partial charge is 0.408 e. The minimum atomic E-state index is -0.863. The van der Waals surface area contributed by atoms with E-state index in [2.05, 4.69) is 5.32 Å². The van der Waals surface area contributed by atoms with Crippen LogP contribution in [-0.2, 0) is 20.7 Å². The predicted octanol–water partition coefficient (Wildman–Crippen LogP) is 5.24. The van der Waals surface area contributed by atoms with E-state index < -0.39 is 29.7 Å². The molecule has 1 N–H and O–H groups in total. The number of rotatable bonds is 1. The average molecular weight is 565 g/mol. The SMILES string of the molecule is CC(=O)[C@@H]1[C@H](C)[C@@H]2CN1C(=O)[C@H](C(C)(C)C)NC(=O)O[C@@H]1CCC[C@H]1CCCCCc1nc3ccccc3nc1O2. The van der Waals surface area contributed by atoms with Crippen LogP contribution >= 0.6 is 0 Å². The van der Waals surface area contributed by atoms with E-state index in [9.17, 15) is 14.4 Å². The van der Waals surface area contributed by atoms with Gasteiger partial charge in [0.2, 0.25) is 11.8 Å². The van der Waals surface area contributed by atoms with Gasteiger partial charge in [0.05, 0.1) is 23.6 Å². The van der Waals surface area contributed by atoms with Crippen molar-refractivity contribution < 1.29 is 23.9 Å². The predicted molar refractivity (Wildman–Crippen MR) is 155 cm³/mol. The highest BCUT2D eigenvalue weighted by molar-refractivity contribution is 5.92. The minimum absolute atomic E-state index is 0.114. The van der Waals surface area contributed by atoms with Crippen LogP contribution < -0.4 is 10.1 Å². The zero-order chi connectivity index (χ0) is 29.3. The lowest BCUT2D eigenvalue weighted by Crippen LogP contribution is -2.57. The normalized spacial score (nSPS) is 29.9. The Kier molecular flexibility index (Phi) is 8.52. The summed E-state index contributed by atoms with van der Waals surface area (Å²) in [6, 6.07) is 6.22. The van der Waals surface area contributed by atoms with Gasteiger partial charge in [-0.05, 0) is 68.9 Å². The van der Waals surface area contributed by atoms with Crippen LogP contribution in [0, 0.1) is 17.3 Å². The molecule has 3 heterocycles. The Balaban J connectivity index is 1.51. The van der Waals surface area contributed by atoms with Crippen LogP contribution in [0.15, 0.2) is 24.3 Å². The number of hydrogen-bond acceptors (Lipinski definition) is 7. The van der Waals surface area contributed by atoms with Crippen LogP contribution in [0.3, 0.4) is 0 Å². The summed E-state index contributed by atoms with van der Waals surface area (Å²) in [6.07, 6.45) is 6.51. The van der Waals surface area contributed by atoms with Crippen molar-refractivity contribution in [2.75, 3.05) is 6.54 Å². The molecule has 41 heavy (non-hydrogen) atoms. The number of Topliss-reactive ketones (excluding diaryl/α,β-unsaturated/α-hetero) is 1. The van der Waals surface area contributed by atoms with E-state index in [1.54, 1.807) is 4.90 Å². The van der Waals surface area contributed by atoms with E-state index in [1.165, 1.54) is 6.92 Å². The summed E-state index contributed by atoms with van der Waals surface area (Å²) >= 11 is 0. The van der Waals surface area contributed by atoms with Crippen LogP contribution in [-0.4, -0.2) is 63.5 Å². The first-order chi connectivity index (χ1) is 19.5. The largest absolute Gasteiger partial charge is 0.471 e. The van der Waals surface area contributed by atoms with Gasteiger partial charge in [0.15, 0.2) is 5.78 Å². The summed E-state index contributed by atoms with van der Waals surface area (Å²) in [5.74, 6) is 0.109.